The van der Waals surface area contributed by atoms with Crippen LogP contribution in [0.1, 0.15) is 36.6 Å². The van der Waals surface area contributed by atoms with Crippen molar-refractivity contribution in [2.24, 2.45) is 4.99 Å². The molecule has 2 heterocycles. The number of allylic oxidation sites excluding steroid dienone is 1. The lowest BCUT2D eigenvalue weighted by molar-refractivity contribution is -0.139. The predicted octanol–water partition coefficient (Wildman–Crippen LogP) is 5.14. The lowest BCUT2D eigenvalue weighted by Gasteiger charge is -2.24. The molecule has 0 aliphatic carbocycles. The number of fused-ring (bicyclic) bond motifs is 1. The number of rotatable bonds is 7. The van der Waals surface area contributed by atoms with E-state index in [1.165, 1.54) is 11.3 Å². The Hall–Kier alpha value is -3.75. The topological polar surface area (TPSA) is 69.9 Å². The van der Waals surface area contributed by atoms with Gasteiger partial charge in [0, 0.05) is 10.0 Å². The normalized spacial score (nSPS) is 15.1. The van der Waals surface area contributed by atoms with Gasteiger partial charge in [-0.3, -0.25) is 9.36 Å². The highest BCUT2D eigenvalue weighted by Gasteiger charge is 2.33. The third-order valence-corrected chi connectivity index (χ3v) is 7.66. The van der Waals surface area contributed by atoms with E-state index >= 15 is 0 Å². The molecular weight excluding hydrogens is 564 g/mol. The molecule has 0 spiro atoms. The van der Waals surface area contributed by atoms with Gasteiger partial charge in [0.1, 0.15) is 12.4 Å². The number of hydrogen-bond acceptors (Lipinski definition) is 6. The molecule has 4 aromatic rings. The summed E-state index contributed by atoms with van der Waals surface area (Å²) in [5, 5.41) is 0. The van der Waals surface area contributed by atoms with Crippen LogP contribution in [0, 0.1) is 0 Å². The fraction of sp³-hybridized carbons (Fsp3) is 0.167. The molecule has 5 rings (SSSR count). The van der Waals surface area contributed by atoms with Crippen LogP contribution in [-0.2, 0) is 16.1 Å². The van der Waals surface area contributed by atoms with Gasteiger partial charge in [-0.1, -0.05) is 87.9 Å². The van der Waals surface area contributed by atoms with Gasteiger partial charge in [0.15, 0.2) is 4.80 Å². The van der Waals surface area contributed by atoms with Crippen molar-refractivity contribution in [2.75, 3.05) is 6.61 Å². The molecule has 6 nitrogen and oxygen atoms in total. The molecular formula is C30H25BrN2O4S. The van der Waals surface area contributed by atoms with Crippen molar-refractivity contribution in [3.8, 4) is 5.75 Å². The van der Waals surface area contributed by atoms with E-state index in [0.717, 1.165) is 21.2 Å². The third-order valence-electron chi connectivity index (χ3n) is 6.15. The average Bonchev–Trinajstić information content (AvgIpc) is 3.22. The first-order chi connectivity index (χ1) is 18.5. The molecule has 192 valence electrons. The lowest BCUT2D eigenvalue weighted by atomic mass is 9.96. The smallest absolute Gasteiger partial charge is 0.338 e. The van der Waals surface area contributed by atoms with Gasteiger partial charge in [-0.2, -0.15) is 0 Å². The van der Waals surface area contributed by atoms with Gasteiger partial charge in [-0.25, -0.2) is 9.79 Å². The van der Waals surface area contributed by atoms with Crippen LogP contribution in [0.3, 0.4) is 0 Å². The molecule has 38 heavy (non-hydrogen) atoms. The largest absolute Gasteiger partial charge is 0.488 e. The van der Waals surface area contributed by atoms with E-state index < -0.39 is 12.0 Å². The highest BCUT2D eigenvalue weighted by molar-refractivity contribution is 9.10. The summed E-state index contributed by atoms with van der Waals surface area (Å²) in [7, 11) is 0. The van der Waals surface area contributed by atoms with E-state index in [9.17, 15) is 9.59 Å². The Morgan fingerprint density at radius 2 is 1.76 bits per heavy atom. The van der Waals surface area contributed by atoms with Gasteiger partial charge >= 0.3 is 5.97 Å². The third kappa shape index (κ3) is 5.28. The van der Waals surface area contributed by atoms with Crippen molar-refractivity contribution in [3.05, 3.63) is 131 Å². The van der Waals surface area contributed by atoms with Crippen LogP contribution in [0.15, 0.2) is 104 Å². The Morgan fingerprint density at radius 1 is 1.05 bits per heavy atom. The number of thiazole rings is 1. The number of carbonyl (C=O) groups is 1. The van der Waals surface area contributed by atoms with Crippen LogP contribution in [0.25, 0.3) is 6.08 Å². The van der Waals surface area contributed by atoms with Crippen molar-refractivity contribution in [1.29, 1.82) is 0 Å². The van der Waals surface area contributed by atoms with Crippen molar-refractivity contribution in [1.82, 2.24) is 4.57 Å². The fourth-order valence-corrected chi connectivity index (χ4v) is 5.66. The molecule has 3 aromatic carbocycles. The Balaban J connectivity index is 1.61. The van der Waals surface area contributed by atoms with E-state index in [2.05, 4.69) is 20.9 Å². The van der Waals surface area contributed by atoms with Crippen LogP contribution in [0.4, 0.5) is 0 Å². The number of nitrogens with zero attached hydrogens (tertiary/aromatic N) is 2. The first kappa shape index (κ1) is 25.9. The zero-order valence-corrected chi connectivity index (χ0v) is 23.3. The summed E-state index contributed by atoms with van der Waals surface area (Å²) in [5.74, 6) is 0.200. The molecule has 0 saturated carbocycles. The molecule has 0 unspecified atom stereocenters. The van der Waals surface area contributed by atoms with Gasteiger partial charge in [0.2, 0.25) is 0 Å². The zero-order valence-electron chi connectivity index (χ0n) is 20.9. The molecule has 0 saturated heterocycles. The van der Waals surface area contributed by atoms with Gasteiger partial charge in [0.25, 0.3) is 5.56 Å². The van der Waals surface area contributed by atoms with Crippen LogP contribution < -0.4 is 19.6 Å². The number of para-hydroxylation sites is 1. The number of hydrogen-bond donors (Lipinski definition) is 0. The molecule has 1 aliphatic rings. The van der Waals surface area contributed by atoms with Gasteiger partial charge in [-0.05, 0) is 49.2 Å². The molecule has 0 N–H and O–H groups in total. The summed E-state index contributed by atoms with van der Waals surface area (Å²) in [5.41, 5.74) is 3.31. The SMILES string of the molecule is CCOC(=O)C1=C(C)N=c2sc(=Cc3ccccc3OCc3ccccc3)c(=O)n2[C@@H]1c1ccc(Br)cc1. The standard InChI is InChI=1S/C30H25BrN2O4S/c1-3-36-29(35)26-19(2)32-30-33(27(26)21-13-15-23(31)16-14-21)28(34)25(38-30)17-22-11-7-8-12-24(22)37-18-20-9-5-4-6-10-20/h4-17,27H,3,18H2,1-2H3/t27-/m1/s1. The number of benzene rings is 3. The van der Waals surface area contributed by atoms with Crippen molar-refractivity contribution >= 4 is 39.3 Å². The van der Waals surface area contributed by atoms with Crippen molar-refractivity contribution < 1.29 is 14.3 Å². The maximum atomic E-state index is 13.8. The number of carbonyl (C=O) groups excluding carboxylic acids is 1. The van der Waals surface area contributed by atoms with Gasteiger partial charge < -0.3 is 9.47 Å². The molecule has 1 aliphatic heterocycles. The lowest BCUT2D eigenvalue weighted by Crippen LogP contribution is -2.39. The number of esters is 1. The Morgan fingerprint density at radius 3 is 2.50 bits per heavy atom. The second kappa shape index (κ2) is 11.3. The summed E-state index contributed by atoms with van der Waals surface area (Å²) in [6.07, 6.45) is 1.83. The summed E-state index contributed by atoms with van der Waals surface area (Å²) in [6, 6.07) is 24.5. The minimum absolute atomic E-state index is 0.228. The van der Waals surface area contributed by atoms with Crippen molar-refractivity contribution in [2.45, 2.75) is 26.5 Å². The molecule has 0 fully saturated rings. The summed E-state index contributed by atoms with van der Waals surface area (Å²) in [4.78, 5) is 32.1. The highest BCUT2D eigenvalue weighted by Crippen LogP contribution is 2.31. The second-order valence-corrected chi connectivity index (χ2v) is 10.6. The van der Waals surface area contributed by atoms with E-state index in [-0.39, 0.29) is 12.2 Å². The molecule has 1 aromatic heterocycles. The molecule has 0 radical (unpaired) electrons. The minimum atomic E-state index is -0.648. The van der Waals surface area contributed by atoms with E-state index in [1.807, 2.05) is 84.9 Å². The zero-order chi connectivity index (χ0) is 26.6. The van der Waals surface area contributed by atoms with Crippen LogP contribution in [-0.4, -0.2) is 17.1 Å². The summed E-state index contributed by atoms with van der Waals surface area (Å²) >= 11 is 4.76. The molecule has 0 bridgehead atoms. The second-order valence-electron chi connectivity index (χ2n) is 8.67. The average molecular weight is 590 g/mol. The minimum Gasteiger partial charge on any atom is -0.488 e. The number of aromatic nitrogens is 1. The Labute approximate surface area is 232 Å². The van der Waals surface area contributed by atoms with E-state index in [4.69, 9.17) is 9.47 Å². The first-order valence-corrected chi connectivity index (χ1v) is 13.8. The molecule has 0 amide bonds. The number of halogens is 1. The van der Waals surface area contributed by atoms with Crippen molar-refractivity contribution in [3.63, 3.8) is 0 Å². The van der Waals surface area contributed by atoms with Gasteiger partial charge in [-0.15, -0.1) is 0 Å². The first-order valence-electron chi connectivity index (χ1n) is 12.2. The van der Waals surface area contributed by atoms with Gasteiger partial charge in [0.05, 0.1) is 28.5 Å². The van der Waals surface area contributed by atoms with Crippen LogP contribution in [0.2, 0.25) is 0 Å². The van der Waals surface area contributed by atoms with Crippen LogP contribution in [0.5, 0.6) is 5.75 Å². The summed E-state index contributed by atoms with van der Waals surface area (Å²) in [6.45, 7) is 4.18. The van der Waals surface area contributed by atoms with E-state index in [0.29, 0.717) is 33.0 Å². The number of ether oxygens (including phenoxy) is 2. The maximum absolute atomic E-state index is 13.8. The van der Waals surface area contributed by atoms with E-state index in [1.54, 1.807) is 18.4 Å². The molecule has 1 atom stereocenters. The monoisotopic (exact) mass is 588 g/mol. The fourth-order valence-electron chi connectivity index (χ4n) is 4.36. The molecule has 8 heteroatoms. The summed E-state index contributed by atoms with van der Waals surface area (Å²) < 4.78 is 14.5. The quantitative estimate of drug-likeness (QED) is 0.280. The predicted molar refractivity (Wildman–Crippen MR) is 152 cm³/mol. The Bertz CT molecular complexity index is 1690. The highest BCUT2D eigenvalue weighted by atomic mass is 79.9. The maximum Gasteiger partial charge on any atom is 0.338 e. The van der Waals surface area contributed by atoms with Crippen LogP contribution >= 0.6 is 27.3 Å². The Kier molecular flexibility index (Phi) is 7.72.